The Morgan fingerprint density at radius 3 is 2.50 bits per heavy atom. The van der Waals surface area contributed by atoms with E-state index in [1.807, 2.05) is 24.3 Å². The fourth-order valence-electron chi connectivity index (χ4n) is 2.37. The van der Waals surface area contributed by atoms with Crippen molar-refractivity contribution in [3.8, 4) is 0 Å². The number of para-hydroxylation sites is 1. The van der Waals surface area contributed by atoms with Gasteiger partial charge in [0.15, 0.2) is 0 Å². The van der Waals surface area contributed by atoms with Gasteiger partial charge >= 0.3 is 0 Å². The van der Waals surface area contributed by atoms with Crippen LogP contribution in [0.2, 0.25) is 0 Å². The van der Waals surface area contributed by atoms with Gasteiger partial charge in [-0.15, -0.1) is 0 Å². The molecule has 0 spiro atoms. The number of hydrogen-bond donors (Lipinski definition) is 1. The number of fused-ring (bicyclic) bond motifs is 1. The van der Waals surface area contributed by atoms with Crippen molar-refractivity contribution in [2.75, 3.05) is 11.9 Å². The first kappa shape index (κ1) is 14.8. The highest BCUT2D eigenvalue weighted by atomic mass is 16.3. The van der Waals surface area contributed by atoms with Gasteiger partial charge in [-0.2, -0.15) is 0 Å². The Balaban J connectivity index is 2.57. The Hall–Kier alpha value is -1.61. The van der Waals surface area contributed by atoms with Gasteiger partial charge in [0.05, 0.1) is 17.8 Å². The van der Waals surface area contributed by atoms with E-state index in [4.69, 9.17) is 0 Å². The van der Waals surface area contributed by atoms with Crippen molar-refractivity contribution in [1.29, 1.82) is 0 Å². The Bertz CT molecular complexity index is 601. The van der Waals surface area contributed by atoms with Crippen LogP contribution >= 0.6 is 0 Å². The summed E-state index contributed by atoms with van der Waals surface area (Å²) in [6.45, 7) is 8.92. The summed E-state index contributed by atoms with van der Waals surface area (Å²) >= 11 is 0. The van der Waals surface area contributed by atoms with Crippen LogP contribution in [0.3, 0.4) is 0 Å². The minimum Gasteiger partial charge on any atom is -0.390 e. The molecule has 0 saturated heterocycles. The smallest absolute Gasteiger partial charge is 0.0854 e. The van der Waals surface area contributed by atoms with Crippen LogP contribution in [-0.2, 0) is 6.61 Å². The van der Waals surface area contributed by atoms with E-state index in [2.05, 4.69) is 50.7 Å². The van der Waals surface area contributed by atoms with Crippen molar-refractivity contribution in [3.63, 3.8) is 0 Å². The number of pyridine rings is 1. The number of anilines is 1. The quantitative estimate of drug-likeness (QED) is 0.927. The largest absolute Gasteiger partial charge is 0.390 e. The molecule has 20 heavy (non-hydrogen) atoms. The lowest BCUT2D eigenvalue weighted by Crippen LogP contribution is -2.39. The Labute approximate surface area is 121 Å². The predicted molar refractivity (Wildman–Crippen MR) is 85.0 cm³/mol. The van der Waals surface area contributed by atoms with Gasteiger partial charge in [-0.05, 0) is 24.5 Å². The van der Waals surface area contributed by atoms with E-state index in [0.29, 0.717) is 11.7 Å². The van der Waals surface area contributed by atoms with Crippen LogP contribution in [0.25, 0.3) is 10.9 Å². The lowest BCUT2D eigenvalue weighted by Gasteiger charge is -2.37. The van der Waals surface area contributed by atoms with Crippen molar-refractivity contribution < 1.29 is 5.11 Å². The normalized spacial score (nSPS) is 13.5. The zero-order valence-corrected chi connectivity index (χ0v) is 13.0. The summed E-state index contributed by atoms with van der Waals surface area (Å²) in [5, 5.41) is 10.5. The second kappa shape index (κ2) is 5.41. The Kier molecular flexibility index (Phi) is 4.00. The Morgan fingerprint density at radius 1 is 1.25 bits per heavy atom. The van der Waals surface area contributed by atoms with Crippen LogP contribution in [0.1, 0.15) is 33.4 Å². The van der Waals surface area contributed by atoms with Crippen molar-refractivity contribution in [3.05, 3.63) is 36.0 Å². The summed E-state index contributed by atoms with van der Waals surface area (Å²) in [5.41, 5.74) is 2.95. The molecule has 0 radical (unpaired) electrons. The molecule has 3 heteroatoms. The van der Waals surface area contributed by atoms with E-state index in [0.717, 1.165) is 16.6 Å². The second-order valence-corrected chi connectivity index (χ2v) is 6.46. The number of nitrogens with zero attached hydrogens (tertiary/aromatic N) is 2. The van der Waals surface area contributed by atoms with Gasteiger partial charge in [0, 0.05) is 24.2 Å². The van der Waals surface area contributed by atoms with Gasteiger partial charge < -0.3 is 10.0 Å². The monoisotopic (exact) mass is 272 g/mol. The van der Waals surface area contributed by atoms with Crippen LogP contribution in [0, 0.1) is 5.41 Å². The van der Waals surface area contributed by atoms with Gasteiger partial charge in [-0.25, -0.2) is 0 Å². The van der Waals surface area contributed by atoms with Crippen molar-refractivity contribution in [1.82, 2.24) is 4.98 Å². The van der Waals surface area contributed by atoms with E-state index in [9.17, 15) is 5.11 Å². The molecule has 0 aliphatic heterocycles. The fraction of sp³-hybridized carbons (Fsp3) is 0.471. The molecular weight excluding hydrogens is 248 g/mol. The number of benzene rings is 1. The molecule has 0 aliphatic carbocycles. The molecule has 0 fully saturated rings. The topological polar surface area (TPSA) is 36.4 Å². The van der Waals surface area contributed by atoms with Crippen molar-refractivity contribution >= 4 is 16.6 Å². The van der Waals surface area contributed by atoms with Gasteiger partial charge in [0.1, 0.15) is 0 Å². The lowest BCUT2D eigenvalue weighted by molar-refractivity contribution is 0.277. The highest BCUT2D eigenvalue weighted by molar-refractivity contribution is 5.92. The van der Waals surface area contributed by atoms with E-state index < -0.39 is 0 Å². The second-order valence-electron chi connectivity index (χ2n) is 6.46. The van der Waals surface area contributed by atoms with Crippen LogP contribution in [0.5, 0.6) is 0 Å². The number of aliphatic hydroxyl groups is 1. The molecular formula is C17H24N2O. The van der Waals surface area contributed by atoms with Crippen LogP contribution < -0.4 is 4.90 Å². The summed E-state index contributed by atoms with van der Waals surface area (Å²) in [6.07, 6.45) is 0. The molecule has 1 atom stereocenters. The molecule has 2 aromatic rings. The Morgan fingerprint density at radius 2 is 1.90 bits per heavy atom. The maximum absolute atomic E-state index is 9.42. The third-order valence-electron chi connectivity index (χ3n) is 4.12. The molecule has 108 valence electrons. The molecule has 0 aliphatic rings. The lowest BCUT2D eigenvalue weighted by atomic mass is 9.86. The first-order chi connectivity index (χ1) is 9.34. The summed E-state index contributed by atoms with van der Waals surface area (Å²) in [4.78, 5) is 6.76. The minimum absolute atomic E-state index is 0.0322. The highest BCUT2D eigenvalue weighted by Crippen LogP contribution is 2.32. The molecule has 1 heterocycles. The van der Waals surface area contributed by atoms with Crippen LogP contribution in [-0.4, -0.2) is 23.2 Å². The first-order valence-corrected chi connectivity index (χ1v) is 7.07. The molecule has 0 amide bonds. The maximum atomic E-state index is 9.42. The van der Waals surface area contributed by atoms with E-state index in [-0.39, 0.29) is 12.0 Å². The third kappa shape index (κ3) is 2.78. The van der Waals surface area contributed by atoms with Gasteiger partial charge in [-0.1, -0.05) is 39.0 Å². The molecule has 1 N–H and O–H groups in total. The van der Waals surface area contributed by atoms with Gasteiger partial charge in [0.2, 0.25) is 0 Å². The number of aliphatic hydroxyl groups excluding tert-OH is 1. The standard InChI is InChI=1S/C17H24N2O/c1-12(17(2,3)4)19(5)16-10-13(11-20)18-15-9-7-6-8-14(15)16/h6-10,12,20H,11H2,1-5H3. The first-order valence-electron chi connectivity index (χ1n) is 7.07. The average molecular weight is 272 g/mol. The minimum atomic E-state index is -0.0322. The number of aromatic nitrogens is 1. The third-order valence-corrected chi connectivity index (χ3v) is 4.12. The van der Waals surface area contributed by atoms with Crippen molar-refractivity contribution in [2.24, 2.45) is 5.41 Å². The van der Waals surface area contributed by atoms with E-state index in [1.54, 1.807) is 0 Å². The summed E-state index contributed by atoms with van der Waals surface area (Å²) in [7, 11) is 2.11. The summed E-state index contributed by atoms with van der Waals surface area (Å²) in [5.74, 6) is 0. The van der Waals surface area contributed by atoms with E-state index in [1.165, 1.54) is 0 Å². The maximum Gasteiger partial charge on any atom is 0.0854 e. The average Bonchev–Trinajstić information content (AvgIpc) is 2.43. The molecule has 1 aromatic carbocycles. The summed E-state index contributed by atoms with van der Waals surface area (Å²) < 4.78 is 0. The van der Waals surface area contributed by atoms with E-state index >= 15 is 0 Å². The molecule has 1 aromatic heterocycles. The molecule has 0 bridgehead atoms. The number of hydrogen-bond acceptors (Lipinski definition) is 3. The van der Waals surface area contributed by atoms with Crippen LogP contribution in [0.15, 0.2) is 30.3 Å². The molecule has 3 nitrogen and oxygen atoms in total. The number of rotatable bonds is 3. The fourth-order valence-corrected chi connectivity index (χ4v) is 2.37. The predicted octanol–water partition coefficient (Wildman–Crippen LogP) is 3.60. The SMILES string of the molecule is CC(N(C)c1cc(CO)nc2ccccc12)C(C)(C)C. The zero-order valence-electron chi connectivity index (χ0n) is 13.0. The molecule has 0 saturated carbocycles. The van der Waals surface area contributed by atoms with Gasteiger partial charge in [-0.3, -0.25) is 4.98 Å². The van der Waals surface area contributed by atoms with Gasteiger partial charge in [0.25, 0.3) is 0 Å². The van der Waals surface area contributed by atoms with Crippen LogP contribution in [0.4, 0.5) is 5.69 Å². The molecule has 1 unspecified atom stereocenters. The molecule has 2 rings (SSSR count). The van der Waals surface area contributed by atoms with Crippen molar-refractivity contribution in [2.45, 2.75) is 40.3 Å². The zero-order chi connectivity index (χ0) is 14.9. The highest BCUT2D eigenvalue weighted by Gasteiger charge is 2.25. The summed E-state index contributed by atoms with van der Waals surface area (Å²) in [6, 6.07) is 10.5.